The van der Waals surface area contributed by atoms with Crippen LogP contribution in [-0.2, 0) is 6.61 Å². The molecule has 1 aliphatic heterocycles. The van der Waals surface area contributed by atoms with Crippen molar-refractivity contribution >= 4 is 5.82 Å². The second-order valence-corrected chi connectivity index (χ2v) is 6.39. The fraction of sp³-hybridized carbons (Fsp3) is 0.286. The van der Waals surface area contributed by atoms with E-state index < -0.39 is 12.5 Å². The SMILES string of the molecule is CC.Cc1nnn(-c2ccc(C(F)F)cc2)c1COc1ccc(N2C=CC(C#N)N2)nn1. The molecule has 2 aromatic heterocycles. The van der Waals surface area contributed by atoms with Gasteiger partial charge in [0.05, 0.1) is 17.5 Å². The normalized spacial score (nSPS) is 14.8. The van der Waals surface area contributed by atoms with Crippen molar-refractivity contribution in [3.05, 3.63) is 65.6 Å². The van der Waals surface area contributed by atoms with Gasteiger partial charge in [0, 0.05) is 17.8 Å². The molecule has 0 spiro atoms. The zero-order chi connectivity index (χ0) is 23.1. The first-order valence-electron chi connectivity index (χ1n) is 9.94. The molecule has 1 aromatic carbocycles. The number of halogens is 2. The van der Waals surface area contributed by atoms with E-state index in [9.17, 15) is 8.78 Å². The van der Waals surface area contributed by atoms with Crippen LogP contribution in [-0.4, -0.2) is 31.2 Å². The molecule has 0 fully saturated rings. The molecule has 0 radical (unpaired) electrons. The molecule has 1 atom stereocenters. The molecular weight excluding hydrogens is 418 g/mol. The van der Waals surface area contributed by atoms with E-state index in [4.69, 9.17) is 10.00 Å². The highest BCUT2D eigenvalue weighted by Gasteiger charge is 2.17. The average Bonchev–Trinajstić information content (AvgIpc) is 3.46. The van der Waals surface area contributed by atoms with Gasteiger partial charge in [0.15, 0.2) is 5.82 Å². The van der Waals surface area contributed by atoms with Crippen molar-refractivity contribution in [1.29, 1.82) is 5.26 Å². The summed E-state index contributed by atoms with van der Waals surface area (Å²) in [5.41, 5.74) is 4.76. The highest BCUT2D eigenvalue weighted by Crippen LogP contribution is 2.22. The van der Waals surface area contributed by atoms with Gasteiger partial charge in [-0.3, -0.25) is 5.01 Å². The third kappa shape index (κ3) is 5.04. The van der Waals surface area contributed by atoms with Gasteiger partial charge in [-0.25, -0.2) is 18.9 Å². The number of nitrogens with zero attached hydrogens (tertiary/aromatic N) is 7. The first-order valence-corrected chi connectivity index (χ1v) is 9.94. The lowest BCUT2D eigenvalue weighted by molar-refractivity contribution is 0.151. The summed E-state index contributed by atoms with van der Waals surface area (Å²) >= 11 is 0. The predicted octanol–water partition coefficient (Wildman–Crippen LogP) is 3.64. The molecule has 1 aliphatic rings. The lowest BCUT2D eigenvalue weighted by atomic mass is 10.2. The minimum Gasteiger partial charge on any atom is -0.470 e. The Morgan fingerprint density at radius 1 is 1.12 bits per heavy atom. The van der Waals surface area contributed by atoms with Crippen molar-refractivity contribution in [1.82, 2.24) is 30.6 Å². The Balaban J connectivity index is 0.00000141. The quantitative estimate of drug-likeness (QED) is 0.620. The number of aryl methyl sites for hydroxylation is 1. The summed E-state index contributed by atoms with van der Waals surface area (Å²) in [7, 11) is 0. The number of anilines is 1. The summed E-state index contributed by atoms with van der Waals surface area (Å²) in [6.45, 7) is 5.89. The highest BCUT2D eigenvalue weighted by molar-refractivity contribution is 5.43. The Morgan fingerprint density at radius 3 is 2.47 bits per heavy atom. The van der Waals surface area contributed by atoms with Gasteiger partial charge in [0.2, 0.25) is 5.88 Å². The van der Waals surface area contributed by atoms with Crippen LogP contribution >= 0.6 is 0 Å². The lowest BCUT2D eigenvalue weighted by Gasteiger charge is -2.15. The maximum absolute atomic E-state index is 12.8. The molecule has 166 valence electrons. The van der Waals surface area contributed by atoms with Crippen LogP contribution in [0.1, 0.15) is 37.2 Å². The minimum atomic E-state index is -2.53. The summed E-state index contributed by atoms with van der Waals surface area (Å²) in [6, 6.07) is 10.8. The number of aromatic nitrogens is 5. The van der Waals surface area contributed by atoms with E-state index in [2.05, 4.69) is 32.0 Å². The van der Waals surface area contributed by atoms with Crippen molar-refractivity contribution in [2.24, 2.45) is 0 Å². The number of hydrazine groups is 1. The molecule has 0 aliphatic carbocycles. The van der Waals surface area contributed by atoms with E-state index in [-0.39, 0.29) is 12.2 Å². The van der Waals surface area contributed by atoms with Gasteiger partial charge in [-0.15, -0.1) is 15.3 Å². The minimum absolute atomic E-state index is 0.0628. The van der Waals surface area contributed by atoms with Gasteiger partial charge in [-0.1, -0.05) is 31.2 Å². The molecule has 3 aromatic rings. The Bertz CT molecular complexity index is 1090. The highest BCUT2D eigenvalue weighted by atomic mass is 19.3. The number of hydrogen-bond acceptors (Lipinski definition) is 8. The molecule has 4 rings (SSSR count). The standard InChI is InChI=1S/C19H16F2N8O.C2H6/c1-12-16(29(27-23-12)15-4-2-13(3-5-15)19(20)21)11-30-18-7-6-17(24-25-18)28-9-8-14(10-22)26-28;1-2/h2-9,14,19,26H,11H2,1H3;1-2H3. The fourth-order valence-electron chi connectivity index (χ4n) is 2.79. The van der Waals surface area contributed by atoms with Crippen LogP contribution in [0.5, 0.6) is 5.88 Å². The Labute approximate surface area is 183 Å². The van der Waals surface area contributed by atoms with Crippen LogP contribution in [0.3, 0.4) is 0 Å². The van der Waals surface area contributed by atoms with Crippen LogP contribution in [0.2, 0.25) is 0 Å². The number of hydrogen-bond donors (Lipinski definition) is 1. The number of nitriles is 1. The molecule has 3 heterocycles. The number of benzene rings is 1. The molecule has 1 unspecified atom stereocenters. The van der Waals surface area contributed by atoms with Crippen LogP contribution < -0.4 is 15.2 Å². The van der Waals surface area contributed by atoms with Crippen LogP contribution in [0, 0.1) is 18.3 Å². The first-order chi connectivity index (χ1) is 15.5. The molecule has 0 saturated carbocycles. The maximum atomic E-state index is 12.8. The first kappa shape index (κ1) is 22.8. The van der Waals surface area contributed by atoms with Gasteiger partial charge >= 0.3 is 0 Å². The predicted molar refractivity (Wildman–Crippen MR) is 113 cm³/mol. The molecule has 11 heteroatoms. The fourth-order valence-corrected chi connectivity index (χ4v) is 2.79. The molecule has 1 N–H and O–H groups in total. The van der Waals surface area contributed by atoms with Crippen LogP contribution in [0.15, 0.2) is 48.7 Å². The van der Waals surface area contributed by atoms with Crippen molar-refractivity contribution in [2.75, 3.05) is 5.01 Å². The van der Waals surface area contributed by atoms with Gasteiger partial charge in [-0.2, -0.15) is 5.26 Å². The summed E-state index contributed by atoms with van der Waals surface area (Å²) < 4.78 is 32.8. The van der Waals surface area contributed by atoms with E-state index in [0.29, 0.717) is 28.8 Å². The van der Waals surface area contributed by atoms with Crippen molar-refractivity contribution in [3.63, 3.8) is 0 Å². The summed E-state index contributed by atoms with van der Waals surface area (Å²) in [4.78, 5) is 0. The number of nitrogens with one attached hydrogen (secondary N) is 1. The topological polar surface area (TPSA) is 105 Å². The third-order valence-electron chi connectivity index (χ3n) is 4.42. The Kier molecular flexibility index (Phi) is 7.41. The van der Waals surface area contributed by atoms with Crippen molar-refractivity contribution < 1.29 is 13.5 Å². The zero-order valence-corrected chi connectivity index (χ0v) is 17.8. The molecule has 0 amide bonds. The smallest absolute Gasteiger partial charge is 0.263 e. The lowest BCUT2D eigenvalue weighted by Crippen LogP contribution is -2.34. The molecule has 0 bridgehead atoms. The summed E-state index contributed by atoms with van der Waals surface area (Å²) in [5.74, 6) is 0.803. The van der Waals surface area contributed by atoms with Gasteiger partial charge in [0.1, 0.15) is 18.3 Å². The van der Waals surface area contributed by atoms with E-state index >= 15 is 0 Å². The summed E-state index contributed by atoms with van der Waals surface area (Å²) in [6.07, 6.45) is 0.875. The van der Waals surface area contributed by atoms with E-state index in [1.165, 1.54) is 16.8 Å². The molecule has 32 heavy (non-hydrogen) atoms. The second kappa shape index (κ2) is 10.4. The second-order valence-electron chi connectivity index (χ2n) is 6.39. The Morgan fingerprint density at radius 2 is 1.88 bits per heavy atom. The molecule has 9 nitrogen and oxygen atoms in total. The molecular formula is C21H22F2N8O. The van der Waals surface area contributed by atoms with Gasteiger partial charge in [-0.05, 0) is 31.2 Å². The third-order valence-corrected chi connectivity index (χ3v) is 4.42. The monoisotopic (exact) mass is 440 g/mol. The average molecular weight is 440 g/mol. The van der Waals surface area contributed by atoms with E-state index in [1.807, 2.05) is 13.8 Å². The Hall–Kier alpha value is -3.91. The van der Waals surface area contributed by atoms with Gasteiger partial charge in [0.25, 0.3) is 6.43 Å². The number of alkyl halides is 2. The van der Waals surface area contributed by atoms with E-state index in [0.717, 1.165) is 0 Å². The van der Waals surface area contributed by atoms with Crippen molar-refractivity contribution in [3.8, 4) is 17.6 Å². The van der Waals surface area contributed by atoms with E-state index in [1.54, 1.807) is 48.5 Å². The zero-order valence-electron chi connectivity index (χ0n) is 17.8. The number of rotatable bonds is 6. The molecule has 0 saturated heterocycles. The van der Waals surface area contributed by atoms with Gasteiger partial charge < -0.3 is 4.74 Å². The van der Waals surface area contributed by atoms with Crippen LogP contribution in [0.4, 0.5) is 14.6 Å². The largest absolute Gasteiger partial charge is 0.470 e. The summed E-state index contributed by atoms with van der Waals surface area (Å²) in [5, 5.41) is 26.7. The van der Waals surface area contributed by atoms with Crippen molar-refractivity contribution in [2.45, 2.75) is 39.8 Å². The maximum Gasteiger partial charge on any atom is 0.263 e. The van der Waals surface area contributed by atoms with Crippen LogP contribution in [0.25, 0.3) is 5.69 Å². The number of ether oxygens (including phenoxy) is 1.